The Morgan fingerprint density at radius 1 is 0.907 bits per heavy atom. The van der Waals surface area contributed by atoms with Crippen LogP contribution in [0, 0.1) is 10.1 Å². The van der Waals surface area contributed by atoms with Gasteiger partial charge in [0.2, 0.25) is 5.91 Å². The number of amides is 2. The van der Waals surface area contributed by atoms with Crippen LogP contribution in [0.25, 0.3) is 11.1 Å². The first-order chi connectivity index (χ1) is 20.7. The highest BCUT2D eigenvalue weighted by molar-refractivity contribution is 5.86. The van der Waals surface area contributed by atoms with Gasteiger partial charge < -0.3 is 24.4 Å². The summed E-state index contributed by atoms with van der Waals surface area (Å²) in [5, 5.41) is 13.9. The minimum atomic E-state index is -0.997. The van der Waals surface area contributed by atoms with Crippen molar-refractivity contribution in [2.24, 2.45) is 0 Å². The third-order valence-electron chi connectivity index (χ3n) is 7.48. The standard InChI is InChI=1S/C33H39N3O7/c1-5-41-31(42-6-2)20-35(22(3)4)32(37)30(19-23-15-17-24(18-16-23)36(39)40)34-33(38)43-21-29-27-13-9-7-11-25(27)26-12-8-10-14-28(26)29/h7-18,22,29-31H,5-6,19-21H2,1-4H3,(H,34,38). The SMILES string of the molecule is CCOC(CN(C(=O)C(Cc1ccc([N+](=O)[O-])cc1)NC(=O)OCC1c2ccccc2-c2ccccc21)C(C)C)OCC. The van der Waals surface area contributed by atoms with Crippen LogP contribution < -0.4 is 5.32 Å². The van der Waals surface area contributed by atoms with Gasteiger partial charge in [0.05, 0.1) is 11.5 Å². The number of benzene rings is 3. The first-order valence-electron chi connectivity index (χ1n) is 14.6. The van der Waals surface area contributed by atoms with Gasteiger partial charge in [-0.2, -0.15) is 0 Å². The molecule has 0 aromatic heterocycles. The summed E-state index contributed by atoms with van der Waals surface area (Å²) in [6.45, 7) is 8.55. The van der Waals surface area contributed by atoms with Crippen molar-refractivity contribution < 1.29 is 28.7 Å². The number of fused-ring (bicyclic) bond motifs is 3. The van der Waals surface area contributed by atoms with Gasteiger partial charge in [0.15, 0.2) is 6.29 Å². The molecule has 0 spiro atoms. The van der Waals surface area contributed by atoms with Gasteiger partial charge in [-0.3, -0.25) is 14.9 Å². The van der Waals surface area contributed by atoms with Crippen LogP contribution in [0.5, 0.6) is 0 Å². The number of nitrogens with one attached hydrogen (secondary N) is 1. The number of carbonyl (C=O) groups is 2. The monoisotopic (exact) mass is 589 g/mol. The van der Waals surface area contributed by atoms with E-state index in [0.29, 0.717) is 18.8 Å². The van der Waals surface area contributed by atoms with E-state index < -0.39 is 23.3 Å². The molecule has 0 fully saturated rings. The Morgan fingerprint density at radius 3 is 1.98 bits per heavy atom. The van der Waals surface area contributed by atoms with Gasteiger partial charge in [-0.1, -0.05) is 60.7 Å². The number of ether oxygens (including phenoxy) is 3. The molecule has 228 valence electrons. The normalized spacial score (nSPS) is 13.0. The molecular formula is C33H39N3O7. The van der Waals surface area contributed by atoms with Crippen LogP contribution in [-0.4, -0.2) is 66.6 Å². The third kappa shape index (κ3) is 7.77. The van der Waals surface area contributed by atoms with Crippen LogP contribution in [0.4, 0.5) is 10.5 Å². The lowest BCUT2D eigenvalue weighted by molar-refractivity contribution is -0.384. The third-order valence-corrected chi connectivity index (χ3v) is 7.48. The Hall–Kier alpha value is -4.28. The lowest BCUT2D eigenvalue weighted by Crippen LogP contribution is -2.54. The Labute approximate surface area is 252 Å². The molecule has 0 bridgehead atoms. The summed E-state index contributed by atoms with van der Waals surface area (Å²) in [5.74, 6) is -0.474. The molecule has 1 N–H and O–H groups in total. The number of carbonyl (C=O) groups excluding carboxylic acids is 2. The number of hydrogen-bond donors (Lipinski definition) is 1. The molecule has 10 nitrogen and oxygen atoms in total. The second-order valence-corrected chi connectivity index (χ2v) is 10.6. The van der Waals surface area contributed by atoms with Crippen LogP contribution in [0.1, 0.15) is 50.3 Å². The first kappa shape index (κ1) is 31.7. The van der Waals surface area contributed by atoms with E-state index in [1.165, 1.54) is 12.1 Å². The predicted octanol–water partition coefficient (Wildman–Crippen LogP) is 5.68. The number of alkyl carbamates (subject to hydrolysis) is 1. The Balaban J connectivity index is 1.53. The van der Waals surface area contributed by atoms with Crippen molar-refractivity contribution in [1.82, 2.24) is 10.2 Å². The van der Waals surface area contributed by atoms with Gasteiger partial charge in [-0.15, -0.1) is 0 Å². The molecule has 1 aliphatic rings. The lowest BCUT2D eigenvalue weighted by atomic mass is 9.98. The number of non-ortho nitro benzene ring substituents is 1. The molecule has 3 aromatic rings. The zero-order valence-corrected chi connectivity index (χ0v) is 25.0. The minimum Gasteiger partial charge on any atom is -0.449 e. The molecular weight excluding hydrogens is 550 g/mol. The maximum absolute atomic E-state index is 14.0. The number of nitro benzene ring substituents is 1. The molecule has 4 rings (SSSR count). The van der Waals surface area contributed by atoms with Gasteiger partial charge in [0, 0.05) is 43.7 Å². The van der Waals surface area contributed by atoms with Crippen molar-refractivity contribution in [3.05, 3.63) is 99.6 Å². The van der Waals surface area contributed by atoms with Crippen molar-refractivity contribution >= 4 is 17.7 Å². The molecule has 0 radical (unpaired) electrons. The lowest BCUT2D eigenvalue weighted by Gasteiger charge is -2.33. The number of rotatable bonds is 14. The fourth-order valence-corrected chi connectivity index (χ4v) is 5.41. The van der Waals surface area contributed by atoms with E-state index in [4.69, 9.17) is 14.2 Å². The van der Waals surface area contributed by atoms with Crippen LogP contribution >= 0.6 is 0 Å². The van der Waals surface area contributed by atoms with Crippen LogP contribution in [0.3, 0.4) is 0 Å². The van der Waals surface area contributed by atoms with E-state index in [9.17, 15) is 19.7 Å². The summed E-state index contributed by atoms with van der Waals surface area (Å²) >= 11 is 0. The largest absolute Gasteiger partial charge is 0.449 e. The Bertz CT molecular complexity index is 1360. The highest BCUT2D eigenvalue weighted by Crippen LogP contribution is 2.44. The van der Waals surface area contributed by atoms with E-state index in [2.05, 4.69) is 17.4 Å². The van der Waals surface area contributed by atoms with E-state index in [1.807, 2.05) is 64.1 Å². The molecule has 0 aliphatic heterocycles. The fraction of sp³-hybridized carbons (Fsp3) is 0.394. The second kappa shape index (κ2) is 14.8. The topological polar surface area (TPSA) is 120 Å². The van der Waals surface area contributed by atoms with Gasteiger partial charge in [0.25, 0.3) is 5.69 Å². The summed E-state index contributed by atoms with van der Waals surface area (Å²) in [6, 6.07) is 20.8. The summed E-state index contributed by atoms with van der Waals surface area (Å²) in [4.78, 5) is 39.5. The summed E-state index contributed by atoms with van der Waals surface area (Å²) < 4.78 is 17.1. The van der Waals surface area contributed by atoms with E-state index >= 15 is 0 Å². The molecule has 0 saturated carbocycles. The van der Waals surface area contributed by atoms with Crippen molar-refractivity contribution in [3.8, 4) is 11.1 Å². The average Bonchev–Trinajstić information content (AvgIpc) is 3.32. The molecule has 2 amide bonds. The highest BCUT2D eigenvalue weighted by atomic mass is 16.7. The molecule has 1 aliphatic carbocycles. The van der Waals surface area contributed by atoms with Crippen LogP contribution in [-0.2, 0) is 25.4 Å². The van der Waals surface area contributed by atoms with Crippen molar-refractivity contribution in [2.45, 2.75) is 58.4 Å². The van der Waals surface area contributed by atoms with Crippen LogP contribution in [0.15, 0.2) is 72.8 Å². The molecule has 1 atom stereocenters. The van der Waals surface area contributed by atoms with Crippen LogP contribution in [0.2, 0.25) is 0 Å². The molecule has 0 saturated heterocycles. The average molecular weight is 590 g/mol. The summed E-state index contributed by atoms with van der Waals surface area (Å²) in [5.41, 5.74) is 4.99. The quantitative estimate of drug-likeness (QED) is 0.146. The van der Waals surface area contributed by atoms with E-state index in [1.54, 1.807) is 17.0 Å². The van der Waals surface area contributed by atoms with E-state index in [-0.39, 0.29) is 43.1 Å². The number of nitrogens with zero attached hydrogens (tertiary/aromatic N) is 2. The molecule has 10 heteroatoms. The predicted molar refractivity (Wildman–Crippen MR) is 163 cm³/mol. The molecule has 1 unspecified atom stereocenters. The Morgan fingerprint density at radius 2 is 1.47 bits per heavy atom. The van der Waals surface area contributed by atoms with Crippen molar-refractivity contribution in [1.29, 1.82) is 0 Å². The van der Waals surface area contributed by atoms with Gasteiger partial charge >= 0.3 is 6.09 Å². The maximum atomic E-state index is 14.0. The zero-order valence-electron chi connectivity index (χ0n) is 25.0. The minimum absolute atomic E-state index is 0.0591. The number of nitro groups is 1. The van der Waals surface area contributed by atoms with Gasteiger partial charge in [-0.25, -0.2) is 4.79 Å². The Kier molecular flexibility index (Phi) is 10.9. The first-order valence-corrected chi connectivity index (χ1v) is 14.6. The van der Waals surface area contributed by atoms with Gasteiger partial charge in [-0.05, 0) is 55.5 Å². The van der Waals surface area contributed by atoms with Gasteiger partial charge in [0.1, 0.15) is 12.6 Å². The fourth-order valence-electron chi connectivity index (χ4n) is 5.41. The second-order valence-electron chi connectivity index (χ2n) is 10.6. The van der Waals surface area contributed by atoms with Crippen molar-refractivity contribution in [3.63, 3.8) is 0 Å². The molecule has 0 heterocycles. The van der Waals surface area contributed by atoms with E-state index in [0.717, 1.165) is 22.3 Å². The van der Waals surface area contributed by atoms with Crippen molar-refractivity contribution in [2.75, 3.05) is 26.4 Å². The number of hydrogen-bond acceptors (Lipinski definition) is 7. The molecule has 3 aromatic carbocycles. The molecule has 43 heavy (non-hydrogen) atoms. The summed E-state index contributed by atoms with van der Waals surface area (Å²) in [6.07, 6.45) is -1.24. The smallest absolute Gasteiger partial charge is 0.407 e. The maximum Gasteiger partial charge on any atom is 0.407 e. The summed E-state index contributed by atoms with van der Waals surface area (Å²) in [7, 11) is 0. The zero-order chi connectivity index (χ0) is 30.9. The highest BCUT2D eigenvalue weighted by Gasteiger charge is 2.32.